The molecule has 1 aromatic rings. The van der Waals surface area contributed by atoms with Crippen LogP contribution in [0.3, 0.4) is 0 Å². The summed E-state index contributed by atoms with van der Waals surface area (Å²) in [4.78, 5) is 0. The summed E-state index contributed by atoms with van der Waals surface area (Å²) in [6.07, 6.45) is 2.15. The van der Waals surface area contributed by atoms with Crippen LogP contribution in [0.4, 0.5) is 0 Å². The van der Waals surface area contributed by atoms with E-state index in [4.69, 9.17) is 4.74 Å². The van der Waals surface area contributed by atoms with Gasteiger partial charge in [-0.05, 0) is 50.9 Å². The lowest BCUT2D eigenvalue weighted by molar-refractivity contribution is 0.173. The van der Waals surface area contributed by atoms with E-state index in [1.807, 2.05) is 7.05 Å². The SMILES string of the molecule is CNC(c1c(C)cc(C)cc1OC)C1(CO)CC1. The molecule has 0 radical (unpaired) electrons. The molecule has 1 saturated carbocycles. The fourth-order valence-corrected chi connectivity index (χ4v) is 2.93. The normalized spacial score (nSPS) is 18.5. The summed E-state index contributed by atoms with van der Waals surface area (Å²) < 4.78 is 5.54. The highest BCUT2D eigenvalue weighted by molar-refractivity contribution is 5.46. The van der Waals surface area contributed by atoms with Gasteiger partial charge >= 0.3 is 0 Å². The maximum absolute atomic E-state index is 9.65. The molecule has 18 heavy (non-hydrogen) atoms. The van der Waals surface area contributed by atoms with E-state index in [0.29, 0.717) is 0 Å². The van der Waals surface area contributed by atoms with Crippen LogP contribution in [-0.4, -0.2) is 25.9 Å². The molecule has 1 aromatic carbocycles. The second-order valence-electron chi connectivity index (χ2n) is 5.44. The minimum Gasteiger partial charge on any atom is -0.496 e. The number of hydrogen-bond acceptors (Lipinski definition) is 3. The zero-order chi connectivity index (χ0) is 13.3. The van der Waals surface area contributed by atoms with Gasteiger partial charge in [-0.1, -0.05) is 6.07 Å². The van der Waals surface area contributed by atoms with Crippen LogP contribution in [-0.2, 0) is 0 Å². The molecule has 1 unspecified atom stereocenters. The number of nitrogens with one attached hydrogen (secondary N) is 1. The molecule has 1 fully saturated rings. The zero-order valence-electron chi connectivity index (χ0n) is 11.7. The summed E-state index contributed by atoms with van der Waals surface area (Å²) in [5.74, 6) is 0.923. The van der Waals surface area contributed by atoms with Gasteiger partial charge in [0.05, 0.1) is 13.7 Å². The Kier molecular flexibility index (Phi) is 3.64. The highest BCUT2D eigenvalue weighted by atomic mass is 16.5. The molecule has 0 amide bonds. The summed E-state index contributed by atoms with van der Waals surface area (Å²) in [7, 11) is 3.67. The van der Waals surface area contributed by atoms with Crippen LogP contribution in [0.2, 0.25) is 0 Å². The first-order chi connectivity index (χ1) is 8.57. The maximum Gasteiger partial charge on any atom is 0.124 e. The van der Waals surface area contributed by atoms with E-state index in [-0.39, 0.29) is 18.1 Å². The van der Waals surface area contributed by atoms with Crippen LogP contribution in [0.1, 0.15) is 35.6 Å². The molecule has 0 bridgehead atoms. The van der Waals surface area contributed by atoms with Crippen LogP contribution in [0.15, 0.2) is 12.1 Å². The van der Waals surface area contributed by atoms with Crippen molar-refractivity contribution in [3.63, 3.8) is 0 Å². The van der Waals surface area contributed by atoms with Crippen molar-refractivity contribution in [2.24, 2.45) is 5.41 Å². The predicted octanol–water partition coefficient (Wildman–Crippen LogP) is 2.35. The Hall–Kier alpha value is -1.06. The Labute approximate surface area is 109 Å². The third kappa shape index (κ3) is 2.13. The fraction of sp³-hybridized carbons (Fsp3) is 0.600. The standard InChI is InChI=1S/C15H23NO2/c1-10-7-11(2)13(12(8-10)18-4)14(16-3)15(9-17)5-6-15/h7-8,14,16-17H,5-6,9H2,1-4H3. The zero-order valence-corrected chi connectivity index (χ0v) is 11.7. The van der Waals surface area contributed by atoms with Crippen molar-refractivity contribution in [1.29, 1.82) is 0 Å². The number of hydrogen-bond donors (Lipinski definition) is 2. The number of methoxy groups -OCH3 is 1. The number of aliphatic hydroxyl groups is 1. The predicted molar refractivity (Wildman–Crippen MR) is 73.0 cm³/mol. The molecule has 2 rings (SSSR count). The van der Waals surface area contributed by atoms with E-state index in [2.05, 4.69) is 31.3 Å². The third-order valence-corrected chi connectivity index (χ3v) is 4.11. The molecule has 3 nitrogen and oxygen atoms in total. The van der Waals surface area contributed by atoms with Gasteiger partial charge < -0.3 is 15.2 Å². The molecule has 2 N–H and O–H groups in total. The molecule has 0 spiro atoms. The fourth-order valence-electron chi connectivity index (χ4n) is 2.93. The van der Waals surface area contributed by atoms with Gasteiger partial charge in [-0.3, -0.25) is 0 Å². The molecule has 1 atom stereocenters. The minimum absolute atomic E-state index is 0.00203. The molecule has 0 saturated heterocycles. The number of rotatable bonds is 5. The quantitative estimate of drug-likeness (QED) is 0.841. The van der Waals surface area contributed by atoms with Crippen LogP contribution >= 0.6 is 0 Å². The highest BCUT2D eigenvalue weighted by Crippen LogP contribution is 2.56. The molecule has 3 heteroatoms. The average Bonchev–Trinajstić information content (AvgIpc) is 3.13. The molecular formula is C15H23NO2. The Bertz CT molecular complexity index is 438. The average molecular weight is 249 g/mol. The summed E-state index contributed by atoms with van der Waals surface area (Å²) in [5.41, 5.74) is 3.63. The van der Waals surface area contributed by atoms with Gasteiger partial charge in [0.1, 0.15) is 5.75 Å². The lowest BCUT2D eigenvalue weighted by Crippen LogP contribution is -2.30. The summed E-state index contributed by atoms with van der Waals surface area (Å²) >= 11 is 0. The topological polar surface area (TPSA) is 41.5 Å². The first-order valence-electron chi connectivity index (χ1n) is 6.51. The van der Waals surface area contributed by atoms with Gasteiger partial charge in [-0.15, -0.1) is 0 Å². The summed E-state index contributed by atoms with van der Waals surface area (Å²) in [5, 5.41) is 13.0. The van der Waals surface area contributed by atoms with Gasteiger partial charge in [0.25, 0.3) is 0 Å². The third-order valence-electron chi connectivity index (χ3n) is 4.11. The molecule has 100 valence electrons. The van der Waals surface area contributed by atoms with Crippen molar-refractivity contribution in [1.82, 2.24) is 5.32 Å². The smallest absolute Gasteiger partial charge is 0.124 e. The number of benzene rings is 1. The Morgan fingerprint density at radius 1 is 1.39 bits per heavy atom. The molecule has 1 aliphatic rings. The Morgan fingerprint density at radius 3 is 2.50 bits per heavy atom. The summed E-state index contributed by atoms with van der Waals surface area (Å²) in [6, 6.07) is 4.41. The van der Waals surface area contributed by atoms with Crippen LogP contribution in [0.5, 0.6) is 5.75 Å². The van der Waals surface area contributed by atoms with E-state index in [0.717, 1.165) is 18.6 Å². The largest absolute Gasteiger partial charge is 0.496 e. The molecule has 0 aromatic heterocycles. The van der Waals surface area contributed by atoms with Gasteiger partial charge in [-0.2, -0.15) is 0 Å². The van der Waals surface area contributed by atoms with Crippen LogP contribution in [0, 0.1) is 19.3 Å². The van der Waals surface area contributed by atoms with E-state index in [1.54, 1.807) is 7.11 Å². The lowest BCUT2D eigenvalue weighted by atomic mass is 9.87. The van der Waals surface area contributed by atoms with Crippen molar-refractivity contribution in [2.45, 2.75) is 32.7 Å². The second-order valence-corrected chi connectivity index (χ2v) is 5.44. The van der Waals surface area contributed by atoms with Crippen molar-refractivity contribution >= 4 is 0 Å². The monoisotopic (exact) mass is 249 g/mol. The van der Waals surface area contributed by atoms with Gasteiger partial charge in [0.2, 0.25) is 0 Å². The van der Waals surface area contributed by atoms with Crippen molar-refractivity contribution in [2.75, 3.05) is 20.8 Å². The highest BCUT2D eigenvalue weighted by Gasteiger charge is 2.50. The summed E-state index contributed by atoms with van der Waals surface area (Å²) in [6.45, 7) is 4.42. The number of aliphatic hydroxyl groups excluding tert-OH is 1. The first kappa shape index (κ1) is 13.4. The van der Waals surface area contributed by atoms with E-state index >= 15 is 0 Å². The van der Waals surface area contributed by atoms with E-state index in [9.17, 15) is 5.11 Å². The van der Waals surface area contributed by atoms with Gasteiger partial charge in [-0.25, -0.2) is 0 Å². The van der Waals surface area contributed by atoms with E-state index in [1.165, 1.54) is 16.7 Å². The molecule has 0 aliphatic heterocycles. The Balaban J connectivity index is 2.48. The second kappa shape index (κ2) is 4.90. The minimum atomic E-state index is 0.00203. The van der Waals surface area contributed by atoms with Crippen molar-refractivity contribution in [3.05, 3.63) is 28.8 Å². The number of ether oxygens (including phenoxy) is 1. The lowest BCUT2D eigenvalue weighted by Gasteiger charge is -2.28. The van der Waals surface area contributed by atoms with Crippen molar-refractivity contribution in [3.8, 4) is 5.75 Å². The van der Waals surface area contributed by atoms with Crippen molar-refractivity contribution < 1.29 is 9.84 Å². The molecule has 0 heterocycles. The van der Waals surface area contributed by atoms with Crippen LogP contribution in [0.25, 0.3) is 0 Å². The van der Waals surface area contributed by atoms with Crippen LogP contribution < -0.4 is 10.1 Å². The maximum atomic E-state index is 9.65. The Morgan fingerprint density at radius 2 is 2.06 bits per heavy atom. The van der Waals surface area contributed by atoms with E-state index < -0.39 is 0 Å². The number of aryl methyl sites for hydroxylation is 2. The first-order valence-corrected chi connectivity index (χ1v) is 6.51. The van der Waals surface area contributed by atoms with Gasteiger partial charge in [0.15, 0.2) is 0 Å². The van der Waals surface area contributed by atoms with Gasteiger partial charge in [0, 0.05) is 17.0 Å². The molecular weight excluding hydrogens is 226 g/mol. The molecule has 1 aliphatic carbocycles.